The minimum atomic E-state index is -3.36. The number of halogens is 1. The maximum Gasteiger partial charge on any atom is 0.192 e. The Morgan fingerprint density at radius 2 is 1.80 bits per heavy atom. The van der Waals surface area contributed by atoms with Crippen LogP contribution >= 0.6 is 24.0 Å². The van der Waals surface area contributed by atoms with Crippen molar-refractivity contribution < 1.29 is 8.42 Å². The lowest BCUT2D eigenvalue weighted by atomic mass is 9.87. The van der Waals surface area contributed by atoms with Crippen molar-refractivity contribution in [3.8, 4) is 12.3 Å². The van der Waals surface area contributed by atoms with E-state index in [2.05, 4.69) is 42.3 Å². The first-order valence-corrected chi connectivity index (χ1v) is 9.65. The third-order valence-corrected chi connectivity index (χ3v) is 5.12. The van der Waals surface area contributed by atoms with Crippen LogP contribution < -0.4 is 10.6 Å². The molecule has 0 heterocycles. The molecular formula is C18H28IN3O2S. The smallest absolute Gasteiger partial charge is 0.192 e. The molecule has 0 spiro atoms. The number of hydrogen-bond donors (Lipinski definition) is 2. The monoisotopic (exact) mass is 477 g/mol. The van der Waals surface area contributed by atoms with Crippen LogP contribution in [0.15, 0.2) is 34.2 Å². The second-order valence-corrected chi connectivity index (χ2v) is 8.52. The summed E-state index contributed by atoms with van der Waals surface area (Å²) in [5, 5.41) is 5.94. The average Bonchev–Trinajstić information content (AvgIpc) is 2.51. The number of guanidine groups is 1. The van der Waals surface area contributed by atoms with Crippen LogP contribution in [-0.2, 0) is 15.3 Å². The minimum absolute atomic E-state index is 0. The van der Waals surface area contributed by atoms with Gasteiger partial charge < -0.3 is 10.6 Å². The van der Waals surface area contributed by atoms with Crippen molar-refractivity contribution >= 4 is 39.8 Å². The second-order valence-electron chi connectivity index (χ2n) is 6.41. The molecule has 0 aliphatic heterocycles. The van der Waals surface area contributed by atoms with Crippen LogP contribution in [0.3, 0.4) is 0 Å². The molecule has 0 saturated heterocycles. The molecular weight excluding hydrogens is 449 g/mol. The number of aliphatic imine (C=N–C) groups is 1. The summed E-state index contributed by atoms with van der Waals surface area (Å²) in [6.07, 6.45) is 5.20. The molecule has 0 aliphatic rings. The molecule has 0 unspecified atom stereocenters. The van der Waals surface area contributed by atoms with E-state index < -0.39 is 9.84 Å². The molecule has 0 aliphatic carbocycles. The quantitative estimate of drug-likeness (QED) is 0.286. The van der Waals surface area contributed by atoms with Crippen LogP contribution in [0.25, 0.3) is 0 Å². The Hall–Kier alpha value is -1.27. The Kier molecular flexibility index (Phi) is 10.1. The number of rotatable bonds is 6. The number of sulfone groups is 1. The van der Waals surface area contributed by atoms with E-state index in [1.807, 2.05) is 19.1 Å². The molecule has 0 radical (unpaired) electrons. The molecule has 1 aromatic rings. The molecule has 25 heavy (non-hydrogen) atoms. The fraction of sp³-hybridized carbons (Fsp3) is 0.500. The van der Waals surface area contributed by atoms with Gasteiger partial charge in [0.05, 0.1) is 23.7 Å². The van der Waals surface area contributed by atoms with Gasteiger partial charge in [0.15, 0.2) is 15.8 Å². The number of terminal acetylenes is 1. The van der Waals surface area contributed by atoms with E-state index >= 15 is 0 Å². The lowest BCUT2D eigenvalue weighted by Crippen LogP contribution is -2.37. The Morgan fingerprint density at radius 3 is 2.28 bits per heavy atom. The SMILES string of the molecule is C#CCNC(=NCCS(=O)(=O)c1ccc(C(C)(C)C)cc1)NCC.I. The van der Waals surface area contributed by atoms with Crippen molar-refractivity contribution in [2.75, 3.05) is 25.4 Å². The van der Waals surface area contributed by atoms with Gasteiger partial charge in [-0.3, -0.25) is 4.99 Å². The van der Waals surface area contributed by atoms with E-state index in [1.54, 1.807) is 12.1 Å². The standard InChI is InChI=1S/C18H27N3O2S.HI/c1-6-12-20-17(19-7-2)21-13-14-24(22,23)16-10-8-15(9-11-16)18(3,4)5;/h1,8-11H,7,12-14H2,2-5H3,(H2,19,20,21);1H. The summed E-state index contributed by atoms with van der Waals surface area (Å²) < 4.78 is 24.8. The highest BCUT2D eigenvalue weighted by Crippen LogP contribution is 2.23. The van der Waals surface area contributed by atoms with Gasteiger partial charge in [-0.15, -0.1) is 30.4 Å². The van der Waals surface area contributed by atoms with Crippen LogP contribution in [0, 0.1) is 12.3 Å². The maximum atomic E-state index is 12.4. The van der Waals surface area contributed by atoms with E-state index in [1.165, 1.54) is 0 Å². The Labute approximate surface area is 169 Å². The van der Waals surface area contributed by atoms with Gasteiger partial charge in [0.1, 0.15) is 0 Å². The van der Waals surface area contributed by atoms with Gasteiger partial charge in [0.2, 0.25) is 0 Å². The zero-order valence-corrected chi connectivity index (χ0v) is 18.4. The highest BCUT2D eigenvalue weighted by atomic mass is 127. The molecule has 1 rings (SSSR count). The lowest BCUT2D eigenvalue weighted by Gasteiger charge is -2.19. The summed E-state index contributed by atoms with van der Waals surface area (Å²) in [6.45, 7) is 9.40. The first-order valence-electron chi connectivity index (χ1n) is 7.99. The van der Waals surface area contributed by atoms with Crippen molar-refractivity contribution in [1.29, 1.82) is 0 Å². The average molecular weight is 477 g/mol. The number of nitrogens with one attached hydrogen (secondary N) is 2. The molecule has 0 amide bonds. The maximum absolute atomic E-state index is 12.4. The minimum Gasteiger partial charge on any atom is -0.357 e. The number of hydrogen-bond acceptors (Lipinski definition) is 3. The van der Waals surface area contributed by atoms with Gasteiger partial charge in [-0.05, 0) is 30.0 Å². The van der Waals surface area contributed by atoms with Crippen molar-refractivity contribution in [3.05, 3.63) is 29.8 Å². The normalized spacial score (nSPS) is 12.0. The highest BCUT2D eigenvalue weighted by Gasteiger charge is 2.17. The Bertz CT molecular complexity index is 699. The lowest BCUT2D eigenvalue weighted by molar-refractivity contribution is 0.586. The van der Waals surface area contributed by atoms with Gasteiger partial charge >= 0.3 is 0 Å². The summed E-state index contributed by atoms with van der Waals surface area (Å²) in [6, 6.07) is 7.08. The zero-order chi connectivity index (χ0) is 18.2. The largest absolute Gasteiger partial charge is 0.357 e. The van der Waals surface area contributed by atoms with Crippen molar-refractivity contribution in [3.63, 3.8) is 0 Å². The molecule has 2 N–H and O–H groups in total. The van der Waals surface area contributed by atoms with Crippen molar-refractivity contribution in [1.82, 2.24) is 10.6 Å². The van der Waals surface area contributed by atoms with Crippen LogP contribution in [0.2, 0.25) is 0 Å². The highest BCUT2D eigenvalue weighted by molar-refractivity contribution is 14.0. The second kappa shape index (κ2) is 10.7. The summed E-state index contributed by atoms with van der Waals surface area (Å²) in [4.78, 5) is 4.56. The van der Waals surface area contributed by atoms with Gasteiger partial charge in [0.25, 0.3) is 0 Å². The van der Waals surface area contributed by atoms with E-state index in [9.17, 15) is 8.42 Å². The van der Waals surface area contributed by atoms with E-state index in [4.69, 9.17) is 6.42 Å². The molecule has 0 saturated carbocycles. The van der Waals surface area contributed by atoms with Crippen LogP contribution in [0.5, 0.6) is 0 Å². The van der Waals surface area contributed by atoms with Gasteiger partial charge in [-0.1, -0.05) is 38.8 Å². The van der Waals surface area contributed by atoms with Gasteiger partial charge in [-0.25, -0.2) is 8.42 Å². The summed E-state index contributed by atoms with van der Waals surface area (Å²) >= 11 is 0. The van der Waals surface area contributed by atoms with Gasteiger partial charge in [0, 0.05) is 6.54 Å². The molecule has 0 bridgehead atoms. The fourth-order valence-corrected chi connectivity index (χ4v) is 3.15. The van der Waals surface area contributed by atoms with E-state index in [0.29, 0.717) is 23.9 Å². The predicted molar refractivity (Wildman–Crippen MR) is 115 cm³/mol. The van der Waals surface area contributed by atoms with E-state index in [-0.39, 0.29) is 41.7 Å². The summed E-state index contributed by atoms with van der Waals surface area (Å²) in [5.74, 6) is 2.93. The Balaban J connectivity index is 0.00000576. The molecule has 140 valence electrons. The van der Waals surface area contributed by atoms with Crippen molar-refractivity contribution in [2.45, 2.75) is 38.0 Å². The number of benzene rings is 1. The third-order valence-electron chi connectivity index (χ3n) is 3.41. The molecule has 0 atom stereocenters. The predicted octanol–water partition coefficient (Wildman–Crippen LogP) is 2.56. The first-order chi connectivity index (χ1) is 11.2. The van der Waals surface area contributed by atoms with E-state index in [0.717, 1.165) is 5.56 Å². The topological polar surface area (TPSA) is 70.6 Å². The van der Waals surface area contributed by atoms with Gasteiger partial charge in [-0.2, -0.15) is 0 Å². The summed E-state index contributed by atoms with van der Waals surface area (Å²) in [5.41, 5.74) is 1.10. The van der Waals surface area contributed by atoms with Crippen LogP contribution in [-0.4, -0.2) is 39.8 Å². The zero-order valence-electron chi connectivity index (χ0n) is 15.3. The molecule has 0 fully saturated rings. The molecule has 7 heteroatoms. The van der Waals surface area contributed by atoms with Crippen LogP contribution in [0.4, 0.5) is 0 Å². The first kappa shape index (κ1) is 23.7. The number of nitrogens with zero attached hydrogens (tertiary/aromatic N) is 1. The molecule has 1 aromatic carbocycles. The fourth-order valence-electron chi connectivity index (χ4n) is 2.03. The van der Waals surface area contributed by atoms with Crippen LogP contribution in [0.1, 0.15) is 33.3 Å². The van der Waals surface area contributed by atoms with Crippen molar-refractivity contribution in [2.24, 2.45) is 4.99 Å². The third kappa shape index (κ3) is 8.10. The summed E-state index contributed by atoms with van der Waals surface area (Å²) in [7, 11) is -3.36. The molecule has 5 nitrogen and oxygen atoms in total. The molecule has 0 aromatic heterocycles. The Morgan fingerprint density at radius 1 is 1.20 bits per heavy atom.